The van der Waals surface area contributed by atoms with Gasteiger partial charge in [-0.15, -0.1) is 0 Å². The molecule has 0 radical (unpaired) electrons. The topological polar surface area (TPSA) is 12.9 Å². The van der Waals surface area contributed by atoms with Crippen LogP contribution in [0.2, 0.25) is 0 Å². The fraction of sp³-hybridized carbons (Fsp3) is 0.0714. The van der Waals surface area contributed by atoms with Gasteiger partial charge in [0.25, 0.3) is 0 Å². The van der Waals surface area contributed by atoms with Crippen molar-refractivity contribution >= 4 is 6.08 Å². The van der Waals surface area contributed by atoms with Gasteiger partial charge in [-0.2, -0.15) is 0 Å². The molecule has 1 heteroatoms. The maximum Gasteiger partial charge on any atom is 0.0774 e. The third kappa shape index (κ3) is 2.13. The van der Waals surface area contributed by atoms with Crippen molar-refractivity contribution in [3.63, 3.8) is 0 Å². The van der Waals surface area contributed by atoms with E-state index < -0.39 is 0 Å². The molecule has 0 aliphatic heterocycles. The molecule has 2 aromatic rings. The summed E-state index contributed by atoms with van der Waals surface area (Å²) >= 11 is 0. The van der Waals surface area contributed by atoms with E-state index in [2.05, 4.69) is 29.3 Å². The van der Waals surface area contributed by atoms with Crippen molar-refractivity contribution in [2.75, 3.05) is 0 Å². The summed E-state index contributed by atoms with van der Waals surface area (Å²) in [5.74, 6) is 0. The van der Waals surface area contributed by atoms with E-state index in [1.54, 1.807) is 0 Å². The predicted molar refractivity (Wildman–Crippen MR) is 64.4 cm³/mol. The molecule has 1 aromatic carbocycles. The van der Waals surface area contributed by atoms with Gasteiger partial charge in [-0.1, -0.05) is 48.6 Å². The molecule has 0 aliphatic carbocycles. The van der Waals surface area contributed by atoms with Crippen molar-refractivity contribution in [1.29, 1.82) is 0 Å². The van der Waals surface area contributed by atoms with E-state index in [0.717, 1.165) is 16.8 Å². The van der Waals surface area contributed by atoms with E-state index >= 15 is 0 Å². The number of allylic oxidation sites excluding steroid dienone is 1. The lowest BCUT2D eigenvalue weighted by Gasteiger charge is -2.04. The minimum atomic E-state index is 1.04. The predicted octanol–water partition coefficient (Wildman–Crippen LogP) is 3.78. The smallest absolute Gasteiger partial charge is 0.0774 e. The first-order valence-corrected chi connectivity index (χ1v) is 5.05. The Morgan fingerprint density at radius 1 is 1.00 bits per heavy atom. The highest BCUT2D eigenvalue weighted by Crippen LogP contribution is 2.21. The van der Waals surface area contributed by atoms with Crippen LogP contribution in [-0.4, -0.2) is 4.98 Å². The van der Waals surface area contributed by atoms with Crippen LogP contribution >= 0.6 is 0 Å². The fourth-order valence-corrected chi connectivity index (χ4v) is 1.57. The van der Waals surface area contributed by atoms with E-state index in [4.69, 9.17) is 0 Å². The molecular weight excluding hydrogens is 182 g/mol. The first-order chi connectivity index (χ1) is 7.42. The first kappa shape index (κ1) is 9.66. The van der Waals surface area contributed by atoms with Crippen molar-refractivity contribution in [2.24, 2.45) is 0 Å². The summed E-state index contributed by atoms with van der Waals surface area (Å²) in [6.07, 6.45) is 5.94. The number of hydrogen-bond acceptors (Lipinski definition) is 1. The number of nitrogens with zero attached hydrogens (tertiary/aromatic N) is 1. The van der Waals surface area contributed by atoms with Crippen LogP contribution in [0.15, 0.2) is 54.7 Å². The maximum atomic E-state index is 4.42. The Kier molecular flexibility index (Phi) is 2.93. The summed E-state index contributed by atoms with van der Waals surface area (Å²) in [4.78, 5) is 4.42. The highest BCUT2D eigenvalue weighted by Gasteiger charge is 2.01. The third-order valence-electron chi connectivity index (χ3n) is 2.23. The molecule has 0 spiro atoms. The summed E-state index contributed by atoms with van der Waals surface area (Å²) < 4.78 is 0. The average molecular weight is 195 g/mol. The molecule has 2 rings (SSSR count). The van der Waals surface area contributed by atoms with Gasteiger partial charge in [-0.3, -0.25) is 4.98 Å². The molecule has 0 saturated carbocycles. The summed E-state index contributed by atoms with van der Waals surface area (Å²) in [7, 11) is 0. The normalized spacial score (nSPS) is 10.7. The molecule has 0 amide bonds. The number of hydrogen-bond donors (Lipinski definition) is 0. The molecule has 74 valence electrons. The van der Waals surface area contributed by atoms with Gasteiger partial charge >= 0.3 is 0 Å². The molecule has 1 heterocycles. The van der Waals surface area contributed by atoms with Gasteiger partial charge in [0.1, 0.15) is 0 Å². The van der Waals surface area contributed by atoms with Gasteiger partial charge < -0.3 is 0 Å². The molecule has 1 aromatic heterocycles. The Hall–Kier alpha value is -1.89. The van der Waals surface area contributed by atoms with Crippen LogP contribution < -0.4 is 0 Å². The average Bonchev–Trinajstić information content (AvgIpc) is 2.31. The van der Waals surface area contributed by atoms with Crippen LogP contribution in [0.25, 0.3) is 17.3 Å². The van der Waals surface area contributed by atoms with Crippen molar-refractivity contribution in [2.45, 2.75) is 6.92 Å². The Morgan fingerprint density at radius 3 is 2.53 bits per heavy atom. The van der Waals surface area contributed by atoms with E-state index in [1.807, 2.05) is 43.5 Å². The minimum absolute atomic E-state index is 1.04. The van der Waals surface area contributed by atoms with Crippen molar-refractivity contribution in [3.05, 3.63) is 60.3 Å². The second kappa shape index (κ2) is 4.56. The Bertz CT molecular complexity index is 458. The molecule has 0 atom stereocenters. The number of benzene rings is 1. The minimum Gasteiger partial charge on any atom is -0.256 e. The molecule has 0 saturated heterocycles. The van der Waals surface area contributed by atoms with Gasteiger partial charge in [0.2, 0.25) is 0 Å². The standard InChI is InChI=1S/C14H13N/c1-2-7-12-10-6-11-15-14(12)13-8-4-3-5-9-13/h2-11H,1H3. The van der Waals surface area contributed by atoms with Crippen molar-refractivity contribution in [3.8, 4) is 11.3 Å². The summed E-state index contributed by atoms with van der Waals surface area (Å²) in [6, 6.07) is 14.3. The molecule has 0 unspecified atom stereocenters. The van der Waals surface area contributed by atoms with Crippen molar-refractivity contribution in [1.82, 2.24) is 4.98 Å². The SMILES string of the molecule is CC=Cc1cccnc1-c1ccccc1. The zero-order chi connectivity index (χ0) is 10.5. The molecule has 0 bridgehead atoms. The summed E-state index contributed by atoms with van der Waals surface area (Å²) in [5, 5.41) is 0. The van der Waals surface area contributed by atoms with E-state index in [0.29, 0.717) is 0 Å². The third-order valence-corrected chi connectivity index (χ3v) is 2.23. The van der Waals surface area contributed by atoms with Gasteiger partial charge in [0.15, 0.2) is 0 Å². The van der Waals surface area contributed by atoms with Gasteiger partial charge in [0, 0.05) is 17.3 Å². The van der Waals surface area contributed by atoms with Crippen LogP contribution in [0.4, 0.5) is 0 Å². The molecule has 0 aliphatic rings. The van der Waals surface area contributed by atoms with Crippen LogP contribution in [0, 0.1) is 0 Å². The highest BCUT2D eigenvalue weighted by molar-refractivity contribution is 5.71. The highest BCUT2D eigenvalue weighted by atomic mass is 14.7. The number of rotatable bonds is 2. The van der Waals surface area contributed by atoms with Crippen LogP contribution in [0.3, 0.4) is 0 Å². The van der Waals surface area contributed by atoms with E-state index in [-0.39, 0.29) is 0 Å². The lowest BCUT2D eigenvalue weighted by Crippen LogP contribution is -1.86. The number of pyridine rings is 1. The monoisotopic (exact) mass is 195 g/mol. The van der Waals surface area contributed by atoms with E-state index in [1.165, 1.54) is 0 Å². The van der Waals surface area contributed by atoms with Crippen molar-refractivity contribution < 1.29 is 0 Å². The fourth-order valence-electron chi connectivity index (χ4n) is 1.57. The summed E-state index contributed by atoms with van der Waals surface area (Å²) in [6.45, 7) is 2.02. The molecule has 0 N–H and O–H groups in total. The van der Waals surface area contributed by atoms with Crippen LogP contribution in [0.1, 0.15) is 12.5 Å². The van der Waals surface area contributed by atoms with Gasteiger partial charge in [0.05, 0.1) is 5.69 Å². The zero-order valence-corrected chi connectivity index (χ0v) is 8.72. The van der Waals surface area contributed by atoms with Gasteiger partial charge in [-0.25, -0.2) is 0 Å². The molecule has 15 heavy (non-hydrogen) atoms. The second-order valence-electron chi connectivity index (χ2n) is 3.31. The maximum absolute atomic E-state index is 4.42. The van der Waals surface area contributed by atoms with Crippen LogP contribution in [-0.2, 0) is 0 Å². The largest absolute Gasteiger partial charge is 0.256 e. The van der Waals surface area contributed by atoms with Crippen LogP contribution in [0.5, 0.6) is 0 Å². The molecular formula is C14H13N. The lowest BCUT2D eigenvalue weighted by molar-refractivity contribution is 1.31. The quantitative estimate of drug-likeness (QED) is 0.710. The Balaban J connectivity index is 2.53. The molecule has 1 nitrogen and oxygen atoms in total. The summed E-state index contributed by atoms with van der Waals surface area (Å²) in [5.41, 5.74) is 3.36. The number of aromatic nitrogens is 1. The zero-order valence-electron chi connectivity index (χ0n) is 8.72. The van der Waals surface area contributed by atoms with Gasteiger partial charge in [-0.05, 0) is 13.0 Å². The Labute approximate surface area is 90.1 Å². The molecule has 0 fully saturated rings. The lowest BCUT2D eigenvalue weighted by atomic mass is 10.1. The second-order valence-corrected chi connectivity index (χ2v) is 3.31. The Morgan fingerprint density at radius 2 is 1.80 bits per heavy atom. The first-order valence-electron chi connectivity index (χ1n) is 5.05. The van der Waals surface area contributed by atoms with E-state index in [9.17, 15) is 0 Å².